The van der Waals surface area contributed by atoms with E-state index in [4.69, 9.17) is 0 Å². The first kappa shape index (κ1) is 21.3. The van der Waals surface area contributed by atoms with Crippen LogP contribution in [0.3, 0.4) is 0 Å². The summed E-state index contributed by atoms with van der Waals surface area (Å²) in [5.41, 5.74) is 0.485. The van der Waals surface area contributed by atoms with Gasteiger partial charge in [-0.1, -0.05) is 65.9 Å². The Morgan fingerprint density at radius 2 is 1.55 bits per heavy atom. The summed E-state index contributed by atoms with van der Waals surface area (Å²) in [4.78, 5) is 27.2. The lowest BCUT2D eigenvalue weighted by molar-refractivity contribution is -0.124. The first-order valence-corrected chi connectivity index (χ1v) is 12.0. The molecule has 1 amide bonds. The maximum absolute atomic E-state index is 13.5. The van der Waals surface area contributed by atoms with Gasteiger partial charge in [-0.2, -0.15) is 0 Å². The third kappa shape index (κ3) is 3.79. The highest BCUT2D eigenvalue weighted by Crippen LogP contribution is 2.47. The Morgan fingerprint density at radius 3 is 2.23 bits per heavy atom. The number of carbonyl (C=O) groups excluding carboxylic acids is 2. The lowest BCUT2D eigenvalue weighted by atomic mass is 9.81. The van der Waals surface area contributed by atoms with E-state index in [9.17, 15) is 18.0 Å². The summed E-state index contributed by atoms with van der Waals surface area (Å²) in [7, 11) is -4.12. The molecule has 0 spiro atoms. The molecule has 7 heteroatoms. The zero-order chi connectivity index (χ0) is 22.2. The number of hydrogen-bond acceptors (Lipinski definition) is 5. The Labute approximate surface area is 186 Å². The quantitative estimate of drug-likeness (QED) is 0.526. The number of aryl methyl sites for hydroxylation is 1. The van der Waals surface area contributed by atoms with Crippen molar-refractivity contribution >= 4 is 38.5 Å². The first-order chi connectivity index (χ1) is 14.7. The molecule has 0 radical (unpaired) electrons. The lowest BCUT2D eigenvalue weighted by Crippen LogP contribution is -2.42. The van der Waals surface area contributed by atoms with Crippen molar-refractivity contribution in [2.75, 3.05) is 4.31 Å². The molecule has 0 unspecified atom stereocenters. The minimum absolute atomic E-state index is 0.0375. The van der Waals surface area contributed by atoms with E-state index in [2.05, 4.69) is 0 Å². The molecule has 1 aliphatic heterocycles. The van der Waals surface area contributed by atoms with Crippen molar-refractivity contribution in [3.8, 4) is 0 Å². The molecule has 0 aliphatic carbocycles. The maximum atomic E-state index is 13.5. The topological polar surface area (TPSA) is 71.5 Å². The number of anilines is 1. The van der Waals surface area contributed by atoms with Crippen molar-refractivity contribution in [3.63, 3.8) is 0 Å². The van der Waals surface area contributed by atoms with E-state index in [-0.39, 0.29) is 16.4 Å². The fourth-order valence-corrected chi connectivity index (χ4v) is 6.18. The molecule has 5 nitrogen and oxygen atoms in total. The van der Waals surface area contributed by atoms with Gasteiger partial charge in [0.1, 0.15) is 0 Å². The molecular weight excluding hydrogens is 430 g/mol. The molecule has 3 aromatic rings. The first-order valence-electron chi connectivity index (χ1n) is 9.75. The van der Waals surface area contributed by atoms with Crippen LogP contribution in [0.25, 0.3) is 0 Å². The number of nitrogens with zero attached hydrogens (tertiary/aromatic N) is 1. The lowest BCUT2D eigenvalue weighted by Gasteiger charge is -2.23. The summed E-state index contributed by atoms with van der Waals surface area (Å²) in [6, 6.07) is 22.3. The van der Waals surface area contributed by atoms with Crippen LogP contribution in [0.5, 0.6) is 0 Å². The van der Waals surface area contributed by atoms with Crippen molar-refractivity contribution in [2.45, 2.75) is 35.5 Å². The average molecular weight is 452 g/mol. The van der Waals surface area contributed by atoms with Crippen molar-refractivity contribution in [3.05, 3.63) is 90.0 Å². The average Bonchev–Trinajstić information content (AvgIpc) is 2.96. The van der Waals surface area contributed by atoms with Crippen molar-refractivity contribution in [2.24, 2.45) is 0 Å². The predicted molar refractivity (Wildman–Crippen MR) is 122 cm³/mol. The Morgan fingerprint density at radius 1 is 0.935 bits per heavy atom. The molecule has 0 saturated carbocycles. The minimum Gasteiger partial charge on any atom is -0.287 e. The highest BCUT2D eigenvalue weighted by Gasteiger charge is 2.52. The van der Waals surface area contributed by atoms with Gasteiger partial charge in [0.25, 0.3) is 15.9 Å². The van der Waals surface area contributed by atoms with Gasteiger partial charge >= 0.3 is 0 Å². The number of hydrogen-bond donors (Lipinski definition) is 0. The second-order valence-corrected chi connectivity index (χ2v) is 10.6. The van der Waals surface area contributed by atoms with E-state index >= 15 is 0 Å². The summed E-state index contributed by atoms with van der Waals surface area (Å²) >= 11 is 1.05. The fraction of sp³-hybridized carbons (Fsp3) is 0.167. The van der Waals surface area contributed by atoms with Gasteiger partial charge < -0.3 is 0 Å². The van der Waals surface area contributed by atoms with Crippen LogP contribution >= 0.6 is 11.8 Å². The van der Waals surface area contributed by atoms with E-state index in [0.717, 1.165) is 26.5 Å². The van der Waals surface area contributed by atoms with Crippen molar-refractivity contribution in [1.82, 2.24) is 0 Å². The van der Waals surface area contributed by atoms with E-state index in [1.807, 2.05) is 37.3 Å². The standard InChI is InChI=1S/C24H21NO4S2/c1-17-12-14-19(15-13-17)31(28,29)25-21-11-7-6-10-20(21)24(2,23(25)27)16-22(26)30-18-8-4-3-5-9-18/h3-15H,16H2,1-2H3/t24-/m0/s1. The summed E-state index contributed by atoms with van der Waals surface area (Å²) in [5.74, 6) is -0.615. The van der Waals surface area contributed by atoms with Crippen LogP contribution in [0.2, 0.25) is 0 Å². The number of thioether (sulfide) groups is 1. The molecular formula is C24H21NO4S2. The summed E-state index contributed by atoms with van der Waals surface area (Å²) in [5, 5.41) is -0.202. The van der Waals surface area contributed by atoms with Crippen LogP contribution in [0, 0.1) is 6.92 Å². The fourth-order valence-electron chi connectivity index (χ4n) is 3.74. The molecule has 1 atom stereocenters. The van der Waals surface area contributed by atoms with Crippen LogP contribution in [0.1, 0.15) is 24.5 Å². The molecule has 0 saturated heterocycles. The number of benzene rings is 3. The molecule has 158 valence electrons. The predicted octanol–water partition coefficient (Wildman–Crippen LogP) is 4.70. The zero-order valence-electron chi connectivity index (χ0n) is 17.1. The van der Waals surface area contributed by atoms with Gasteiger partial charge in [0.15, 0.2) is 5.12 Å². The van der Waals surface area contributed by atoms with Crippen LogP contribution in [-0.2, 0) is 25.0 Å². The molecule has 1 aliphatic rings. The molecule has 4 rings (SSSR count). The SMILES string of the molecule is Cc1ccc(S(=O)(=O)N2C(=O)[C@@](C)(CC(=O)Sc3ccccc3)c3ccccc32)cc1. The monoisotopic (exact) mass is 451 g/mol. The Bertz CT molecular complexity index is 1250. The number of fused-ring (bicyclic) bond motifs is 1. The molecule has 31 heavy (non-hydrogen) atoms. The highest BCUT2D eigenvalue weighted by molar-refractivity contribution is 8.13. The maximum Gasteiger partial charge on any atom is 0.270 e. The van der Waals surface area contributed by atoms with E-state index < -0.39 is 21.3 Å². The molecule has 1 heterocycles. The largest absolute Gasteiger partial charge is 0.287 e. The number of amides is 1. The van der Waals surface area contributed by atoms with E-state index in [0.29, 0.717) is 11.3 Å². The van der Waals surface area contributed by atoms with Crippen LogP contribution < -0.4 is 4.31 Å². The van der Waals surface area contributed by atoms with Gasteiger partial charge in [0.2, 0.25) is 0 Å². The van der Waals surface area contributed by atoms with Crippen molar-refractivity contribution < 1.29 is 18.0 Å². The Hall–Kier alpha value is -2.90. The second kappa shape index (κ2) is 7.98. The number of para-hydroxylation sites is 1. The third-order valence-electron chi connectivity index (χ3n) is 5.41. The van der Waals surface area contributed by atoms with Crippen LogP contribution in [0.4, 0.5) is 5.69 Å². The van der Waals surface area contributed by atoms with E-state index in [1.54, 1.807) is 43.3 Å². The summed E-state index contributed by atoms with van der Waals surface area (Å²) in [6.07, 6.45) is -0.109. The minimum atomic E-state index is -4.12. The van der Waals surface area contributed by atoms with Gasteiger partial charge in [-0.15, -0.1) is 0 Å². The summed E-state index contributed by atoms with van der Waals surface area (Å²) < 4.78 is 27.7. The molecule has 3 aromatic carbocycles. The van der Waals surface area contributed by atoms with Crippen molar-refractivity contribution in [1.29, 1.82) is 0 Å². The smallest absolute Gasteiger partial charge is 0.270 e. The van der Waals surface area contributed by atoms with Crippen LogP contribution in [-0.4, -0.2) is 19.4 Å². The highest BCUT2D eigenvalue weighted by atomic mass is 32.2. The van der Waals surface area contributed by atoms with E-state index in [1.165, 1.54) is 12.1 Å². The van der Waals surface area contributed by atoms with Gasteiger partial charge in [0, 0.05) is 11.3 Å². The Balaban J connectivity index is 1.72. The van der Waals surface area contributed by atoms with Crippen LogP contribution in [0.15, 0.2) is 88.7 Å². The number of rotatable bonds is 5. The normalized spacial score (nSPS) is 18.1. The second-order valence-electron chi connectivity index (χ2n) is 7.70. The van der Waals surface area contributed by atoms with Gasteiger partial charge in [-0.25, -0.2) is 12.7 Å². The number of sulfonamides is 1. The molecule has 0 fully saturated rings. The molecule has 0 N–H and O–H groups in total. The molecule has 0 aromatic heterocycles. The molecule has 0 bridgehead atoms. The third-order valence-corrected chi connectivity index (χ3v) is 8.00. The van der Waals surface area contributed by atoms with Gasteiger partial charge in [0.05, 0.1) is 16.0 Å². The number of carbonyl (C=O) groups is 2. The van der Waals surface area contributed by atoms with Gasteiger partial charge in [-0.3, -0.25) is 9.59 Å². The summed E-state index contributed by atoms with van der Waals surface area (Å²) in [6.45, 7) is 3.50. The van der Waals surface area contributed by atoms with Gasteiger partial charge in [-0.05, 0) is 49.7 Å². The Kier molecular flexibility index (Phi) is 5.49. The zero-order valence-corrected chi connectivity index (χ0v) is 18.7.